The molecule has 3 rings (SSSR count). The van der Waals surface area contributed by atoms with Gasteiger partial charge in [0.25, 0.3) is 0 Å². The first-order valence-corrected chi connectivity index (χ1v) is 11.0. The van der Waals surface area contributed by atoms with Crippen LogP contribution in [-0.4, -0.2) is 38.5 Å². The monoisotopic (exact) mass is 413 g/mol. The van der Waals surface area contributed by atoms with Crippen LogP contribution in [0.15, 0.2) is 39.9 Å². The predicted octanol–water partition coefficient (Wildman–Crippen LogP) is 3.68. The van der Waals surface area contributed by atoms with Crippen molar-refractivity contribution in [3.8, 4) is 0 Å². The smallest absolute Gasteiger partial charge is 0.321 e. The minimum absolute atomic E-state index is 0.167. The summed E-state index contributed by atoms with van der Waals surface area (Å²) in [6, 6.07) is 8.30. The van der Waals surface area contributed by atoms with E-state index in [9.17, 15) is 13.2 Å². The van der Waals surface area contributed by atoms with Gasteiger partial charge in [0.05, 0.1) is 0 Å². The number of benzene rings is 1. The van der Waals surface area contributed by atoms with Gasteiger partial charge in [0.15, 0.2) is 0 Å². The average Bonchev–Trinajstić information content (AvgIpc) is 3.14. The fraction of sp³-hybridized carbons (Fsp3) is 0.353. The fourth-order valence-electron chi connectivity index (χ4n) is 2.77. The van der Waals surface area contributed by atoms with Gasteiger partial charge in [0.1, 0.15) is 4.21 Å². The number of likely N-dealkylation sites (tertiary alicyclic amines) is 1. The number of thiophene rings is 1. The molecule has 2 N–H and O–H groups in total. The number of carbonyl (C=O) groups excluding carboxylic acids is 1. The molecule has 1 aliphatic rings. The van der Waals surface area contributed by atoms with E-state index in [1.54, 1.807) is 34.5 Å². The molecule has 1 aromatic carbocycles. The molecule has 0 atom stereocenters. The van der Waals surface area contributed by atoms with E-state index in [1.807, 2.05) is 13.0 Å². The van der Waals surface area contributed by atoms with E-state index in [4.69, 9.17) is 11.6 Å². The van der Waals surface area contributed by atoms with Crippen LogP contribution in [-0.2, 0) is 10.0 Å². The Hall–Kier alpha value is -1.61. The zero-order valence-corrected chi connectivity index (χ0v) is 16.6. The number of urea groups is 1. The van der Waals surface area contributed by atoms with Gasteiger partial charge >= 0.3 is 6.03 Å². The highest BCUT2D eigenvalue weighted by Gasteiger charge is 2.27. The first-order valence-electron chi connectivity index (χ1n) is 8.23. The van der Waals surface area contributed by atoms with E-state index in [2.05, 4.69) is 10.0 Å². The van der Waals surface area contributed by atoms with Gasteiger partial charge in [-0.15, -0.1) is 11.3 Å². The summed E-state index contributed by atoms with van der Waals surface area (Å²) in [5, 5.41) is 5.17. The van der Waals surface area contributed by atoms with Gasteiger partial charge in [-0.05, 0) is 48.9 Å². The van der Waals surface area contributed by atoms with Crippen molar-refractivity contribution in [1.82, 2.24) is 9.62 Å². The third kappa shape index (κ3) is 4.56. The minimum atomic E-state index is -3.48. The summed E-state index contributed by atoms with van der Waals surface area (Å²) in [6.45, 7) is 2.88. The van der Waals surface area contributed by atoms with E-state index in [-0.39, 0.29) is 12.1 Å². The molecule has 2 heterocycles. The molecule has 1 saturated heterocycles. The molecule has 1 aliphatic heterocycles. The van der Waals surface area contributed by atoms with Crippen molar-refractivity contribution in [2.75, 3.05) is 18.4 Å². The van der Waals surface area contributed by atoms with Crippen LogP contribution in [0.2, 0.25) is 5.02 Å². The lowest BCUT2D eigenvalue weighted by Gasteiger charge is -2.32. The third-order valence-electron chi connectivity index (χ3n) is 4.29. The van der Waals surface area contributed by atoms with Crippen LogP contribution in [0.25, 0.3) is 0 Å². The summed E-state index contributed by atoms with van der Waals surface area (Å²) < 4.78 is 27.6. The van der Waals surface area contributed by atoms with Crippen LogP contribution in [0, 0.1) is 6.92 Å². The van der Waals surface area contributed by atoms with E-state index in [0.29, 0.717) is 40.9 Å². The van der Waals surface area contributed by atoms with Crippen molar-refractivity contribution < 1.29 is 13.2 Å². The number of amides is 2. The highest BCUT2D eigenvalue weighted by Crippen LogP contribution is 2.22. The van der Waals surface area contributed by atoms with Crippen LogP contribution >= 0.6 is 22.9 Å². The van der Waals surface area contributed by atoms with Gasteiger partial charge in [-0.1, -0.05) is 23.7 Å². The summed E-state index contributed by atoms with van der Waals surface area (Å²) in [4.78, 5) is 14.1. The average molecular weight is 414 g/mol. The summed E-state index contributed by atoms with van der Waals surface area (Å²) in [7, 11) is -3.48. The van der Waals surface area contributed by atoms with Gasteiger partial charge in [-0.3, -0.25) is 0 Å². The normalized spacial score (nSPS) is 15.8. The Labute approximate surface area is 162 Å². The minimum Gasteiger partial charge on any atom is -0.324 e. The molecule has 0 aliphatic carbocycles. The number of carbonyl (C=O) groups is 1. The number of nitrogens with one attached hydrogen (secondary N) is 2. The lowest BCUT2D eigenvalue weighted by atomic mass is 10.1. The Morgan fingerprint density at radius 3 is 2.62 bits per heavy atom. The van der Waals surface area contributed by atoms with E-state index >= 15 is 0 Å². The van der Waals surface area contributed by atoms with Gasteiger partial charge in [0.2, 0.25) is 10.0 Å². The van der Waals surface area contributed by atoms with Crippen molar-refractivity contribution in [1.29, 1.82) is 0 Å². The van der Waals surface area contributed by atoms with Crippen molar-refractivity contribution in [2.45, 2.75) is 30.0 Å². The highest BCUT2D eigenvalue weighted by atomic mass is 35.5. The van der Waals surface area contributed by atoms with Crippen molar-refractivity contribution in [2.24, 2.45) is 0 Å². The van der Waals surface area contributed by atoms with E-state index < -0.39 is 10.0 Å². The van der Waals surface area contributed by atoms with Crippen LogP contribution in [0.5, 0.6) is 0 Å². The molecule has 1 aromatic heterocycles. The first kappa shape index (κ1) is 19.2. The second-order valence-corrected chi connectivity index (χ2v) is 9.50. The predicted molar refractivity (Wildman–Crippen MR) is 104 cm³/mol. The Balaban J connectivity index is 1.53. The maximum absolute atomic E-state index is 12.4. The Morgan fingerprint density at radius 1 is 1.27 bits per heavy atom. The van der Waals surface area contributed by atoms with Crippen LogP contribution in [0.4, 0.5) is 10.5 Å². The number of aryl methyl sites for hydroxylation is 1. The van der Waals surface area contributed by atoms with Gasteiger partial charge in [-0.25, -0.2) is 17.9 Å². The van der Waals surface area contributed by atoms with Gasteiger partial charge in [-0.2, -0.15) is 0 Å². The van der Waals surface area contributed by atoms with Crippen molar-refractivity contribution in [3.05, 3.63) is 46.3 Å². The Bertz CT molecular complexity index is 877. The molecular formula is C17H20ClN3O3S2. The molecule has 1 fully saturated rings. The topological polar surface area (TPSA) is 78.5 Å². The molecule has 0 radical (unpaired) electrons. The quantitative estimate of drug-likeness (QED) is 0.802. The summed E-state index contributed by atoms with van der Waals surface area (Å²) >= 11 is 7.27. The fourth-order valence-corrected chi connectivity index (χ4v) is 5.26. The van der Waals surface area contributed by atoms with Crippen molar-refractivity contribution >= 4 is 44.7 Å². The lowest BCUT2D eigenvalue weighted by molar-refractivity contribution is 0.193. The number of hydrogen-bond acceptors (Lipinski definition) is 4. The SMILES string of the molecule is Cc1ccc(NC(=O)N2CCC(NS(=O)(=O)c3cccs3)CC2)cc1Cl. The zero-order valence-electron chi connectivity index (χ0n) is 14.2. The molecule has 0 unspecified atom stereocenters. The standard InChI is InChI=1S/C17H20ClN3O3S2/c1-12-4-5-14(11-15(12)18)19-17(22)21-8-6-13(7-9-21)20-26(23,24)16-3-2-10-25-16/h2-5,10-11,13,20H,6-9H2,1H3,(H,19,22). The van der Waals surface area contributed by atoms with E-state index in [0.717, 1.165) is 5.56 Å². The van der Waals surface area contributed by atoms with E-state index in [1.165, 1.54) is 11.3 Å². The number of rotatable bonds is 4. The number of nitrogens with zero attached hydrogens (tertiary/aromatic N) is 1. The number of hydrogen-bond donors (Lipinski definition) is 2. The number of sulfonamides is 1. The molecule has 0 saturated carbocycles. The molecule has 2 amide bonds. The maximum Gasteiger partial charge on any atom is 0.321 e. The molecule has 140 valence electrons. The van der Waals surface area contributed by atoms with Crippen LogP contribution in [0.1, 0.15) is 18.4 Å². The Kier molecular flexibility index (Phi) is 5.86. The summed E-state index contributed by atoms with van der Waals surface area (Å²) in [5.74, 6) is 0. The highest BCUT2D eigenvalue weighted by molar-refractivity contribution is 7.91. The zero-order chi connectivity index (χ0) is 18.7. The lowest BCUT2D eigenvalue weighted by Crippen LogP contribution is -2.47. The van der Waals surface area contributed by atoms with Crippen LogP contribution < -0.4 is 10.0 Å². The number of halogens is 1. The first-order chi connectivity index (χ1) is 12.3. The summed E-state index contributed by atoms with van der Waals surface area (Å²) in [6.07, 6.45) is 1.15. The molecule has 26 heavy (non-hydrogen) atoms. The maximum atomic E-state index is 12.4. The Morgan fingerprint density at radius 2 is 2.00 bits per heavy atom. The molecule has 6 nitrogen and oxygen atoms in total. The third-order valence-corrected chi connectivity index (χ3v) is 7.61. The molecule has 2 aromatic rings. The second-order valence-electron chi connectivity index (χ2n) is 6.21. The van der Waals surface area contributed by atoms with Gasteiger partial charge < -0.3 is 10.2 Å². The molecule has 0 bridgehead atoms. The number of anilines is 1. The van der Waals surface area contributed by atoms with Crippen molar-refractivity contribution in [3.63, 3.8) is 0 Å². The molecular weight excluding hydrogens is 394 g/mol. The second kappa shape index (κ2) is 7.96. The molecule has 0 spiro atoms. The number of piperidine rings is 1. The summed E-state index contributed by atoms with van der Waals surface area (Å²) in [5.41, 5.74) is 1.59. The van der Waals surface area contributed by atoms with Gasteiger partial charge in [0, 0.05) is 29.8 Å². The van der Waals surface area contributed by atoms with Crippen LogP contribution in [0.3, 0.4) is 0 Å². The molecule has 9 heteroatoms. The largest absolute Gasteiger partial charge is 0.324 e.